The Morgan fingerprint density at radius 3 is 2.80 bits per heavy atom. The fourth-order valence-corrected chi connectivity index (χ4v) is 2.18. The monoisotopic (exact) mass is 226 g/mol. The molecule has 0 bridgehead atoms. The molecule has 1 unspecified atom stereocenters. The van der Waals surface area contributed by atoms with Gasteiger partial charge in [-0.3, -0.25) is 4.79 Å². The Morgan fingerprint density at radius 1 is 1.60 bits per heavy atom. The molecule has 0 saturated heterocycles. The first-order valence-electron chi connectivity index (χ1n) is 5.24. The van der Waals surface area contributed by atoms with E-state index < -0.39 is 0 Å². The number of hydrogen-bond donors (Lipinski definition) is 2. The lowest BCUT2D eigenvalue weighted by molar-refractivity contribution is 0.0940. The molecule has 3 nitrogen and oxygen atoms in total. The zero-order valence-electron chi connectivity index (χ0n) is 9.25. The summed E-state index contributed by atoms with van der Waals surface area (Å²) in [6, 6.07) is 3.91. The van der Waals surface area contributed by atoms with E-state index in [0.29, 0.717) is 6.54 Å². The molecular formula is C11H18N2OS. The summed E-state index contributed by atoms with van der Waals surface area (Å²) < 4.78 is 0. The third-order valence-electron chi connectivity index (χ3n) is 2.22. The molecule has 0 radical (unpaired) electrons. The second kappa shape index (κ2) is 5.88. The average molecular weight is 226 g/mol. The molecule has 1 aromatic rings. The number of nitrogens with two attached hydrogens (primary N) is 1. The van der Waals surface area contributed by atoms with Crippen LogP contribution in [-0.4, -0.2) is 18.5 Å². The van der Waals surface area contributed by atoms with Crippen LogP contribution in [0, 0.1) is 6.92 Å². The Hall–Kier alpha value is -0.870. The standard InChI is InChI=1S/C11H18N2OS/c1-3-4-9(7-12)13-11(14)10-6-5-8(2)15-10/h5-6,9H,3-4,7,12H2,1-2H3,(H,13,14). The molecule has 1 amide bonds. The molecule has 3 N–H and O–H groups in total. The van der Waals surface area contributed by atoms with Gasteiger partial charge >= 0.3 is 0 Å². The smallest absolute Gasteiger partial charge is 0.261 e. The lowest BCUT2D eigenvalue weighted by Crippen LogP contribution is -2.39. The number of nitrogens with one attached hydrogen (secondary N) is 1. The first-order valence-corrected chi connectivity index (χ1v) is 6.06. The summed E-state index contributed by atoms with van der Waals surface area (Å²) in [5.74, 6) is -0.00278. The number of carbonyl (C=O) groups is 1. The third-order valence-corrected chi connectivity index (χ3v) is 3.22. The Morgan fingerprint density at radius 2 is 2.33 bits per heavy atom. The van der Waals surface area contributed by atoms with E-state index in [9.17, 15) is 4.79 Å². The maximum absolute atomic E-state index is 11.7. The zero-order valence-corrected chi connectivity index (χ0v) is 10.1. The van der Waals surface area contributed by atoms with Crippen LogP contribution >= 0.6 is 11.3 Å². The summed E-state index contributed by atoms with van der Waals surface area (Å²) in [4.78, 5) is 13.7. The van der Waals surface area contributed by atoms with Gasteiger partial charge in [-0.25, -0.2) is 0 Å². The Balaban J connectivity index is 2.54. The average Bonchev–Trinajstić information content (AvgIpc) is 2.64. The summed E-state index contributed by atoms with van der Waals surface area (Å²) in [6.07, 6.45) is 1.97. The van der Waals surface area contributed by atoms with E-state index >= 15 is 0 Å². The molecule has 15 heavy (non-hydrogen) atoms. The van der Waals surface area contributed by atoms with E-state index in [0.717, 1.165) is 22.6 Å². The van der Waals surface area contributed by atoms with Crippen molar-refractivity contribution in [1.82, 2.24) is 5.32 Å². The van der Waals surface area contributed by atoms with Gasteiger partial charge in [0.25, 0.3) is 5.91 Å². The van der Waals surface area contributed by atoms with E-state index in [-0.39, 0.29) is 11.9 Å². The zero-order chi connectivity index (χ0) is 11.3. The fourth-order valence-electron chi connectivity index (χ4n) is 1.41. The highest BCUT2D eigenvalue weighted by Crippen LogP contribution is 2.14. The van der Waals surface area contributed by atoms with Crippen LogP contribution in [0.15, 0.2) is 12.1 Å². The predicted molar refractivity (Wildman–Crippen MR) is 64.3 cm³/mol. The van der Waals surface area contributed by atoms with E-state index in [2.05, 4.69) is 12.2 Å². The van der Waals surface area contributed by atoms with Gasteiger partial charge in [0.05, 0.1) is 4.88 Å². The van der Waals surface area contributed by atoms with Gasteiger partial charge in [-0.1, -0.05) is 13.3 Å². The SMILES string of the molecule is CCCC(CN)NC(=O)c1ccc(C)s1. The maximum atomic E-state index is 11.7. The lowest BCUT2D eigenvalue weighted by Gasteiger charge is -2.14. The van der Waals surface area contributed by atoms with Gasteiger partial charge in [-0.2, -0.15) is 0 Å². The topological polar surface area (TPSA) is 55.1 Å². The van der Waals surface area contributed by atoms with Crippen molar-refractivity contribution in [2.24, 2.45) is 5.73 Å². The number of rotatable bonds is 5. The van der Waals surface area contributed by atoms with E-state index in [4.69, 9.17) is 5.73 Å². The van der Waals surface area contributed by atoms with Gasteiger partial charge in [-0.05, 0) is 25.5 Å². The van der Waals surface area contributed by atoms with Gasteiger partial charge < -0.3 is 11.1 Å². The first-order chi connectivity index (χ1) is 7.17. The molecule has 1 atom stereocenters. The van der Waals surface area contributed by atoms with Crippen molar-refractivity contribution < 1.29 is 4.79 Å². The van der Waals surface area contributed by atoms with Gasteiger partial charge in [-0.15, -0.1) is 11.3 Å². The van der Waals surface area contributed by atoms with Crippen LogP contribution in [0.3, 0.4) is 0 Å². The summed E-state index contributed by atoms with van der Waals surface area (Å²) in [7, 11) is 0. The minimum absolute atomic E-state index is 0.00278. The van der Waals surface area contributed by atoms with Crippen molar-refractivity contribution in [3.63, 3.8) is 0 Å². The molecular weight excluding hydrogens is 208 g/mol. The van der Waals surface area contributed by atoms with Crippen LogP contribution in [0.2, 0.25) is 0 Å². The fraction of sp³-hybridized carbons (Fsp3) is 0.545. The largest absolute Gasteiger partial charge is 0.347 e. The molecule has 1 aromatic heterocycles. The van der Waals surface area contributed by atoms with Gasteiger partial charge in [0.2, 0.25) is 0 Å². The third kappa shape index (κ3) is 3.64. The van der Waals surface area contributed by atoms with Crippen molar-refractivity contribution in [2.45, 2.75) is 32.7 Å². The van der Waals surface area contributed by atoms with E-state index in [1.807, 2.05) is 19.1 Å². The van der Waals surface area contributed by atoms with E-state index in [1.165, 1.54) is 11.3 Å². The molecule has 0 fully saturated rings. The predicted octanol–water partition coefficient (Wildman–Crippen LogP) is 1.91. The number of carbonyl (C=O) groups excluding carboxylic acids is 1. The van der Waals surface area contributed by atoms with Crippen molar-refractivity contribution in [3.8, 4) is 0 Å². The minimum Gasteiger partial charge on any atom is -0.347 e. The molecule has 1 rings (SSSR count). The summed E-state index contributed by atoms with van der Waals surface area (Å²) in [5, 5.41) is 2.94. The maximum Gasteiger partial charge on any atom is 0.261 e. The van der Waals surface area contributed by atoms with Crippen molar-refractivity contribution in [1.29, 1.82) is 0 Å². The Labute approximate surface area is 94.7 Å². The van der Waals surface area contributed by atoms with Crippen LogP contribution in [0.25, 0.3) is 0 Å². The Bertz CT molecular complexity index is 322. The summed E-state index contributed by atoms with van der Waals surface area (Å²) in [6.45, 7) is 4.59. The number of amides is 1. The highest BCUT2D eigenvalue weighted by atomic mass is 32.1. The van der Waals surface area contributed by atoms with Crippen LogP contribution in [0.5, 0.6) is 0 Å². The van der Waals surface area contributed by atoms with Crippen LogP contribution < -0.4 is 11.1 Å². The van der Waals surface area contributed by atoms with E-state index in [1.54, 1.807) is 0 Å². The van der Waals surface area contributed by atoms with Gasteiger partial charge in [0.1, 0.15) is 0 Å². The highest BCUT2D eigenvalue weighted by molar-refractivity contribution is 7.13. The Kier molecular flexibility index (Phi) is 4.78. The molecule has 0 aromatic carbocycles. The minimum atomic E-state index is -0.00278. The van der Waals surface area contributed by atoms with Gasteiger partial charge in [0.15, 0.2) is 0 Å². The molecule has 0 aliphatic heterocycles. The summed E-state index contributed by atoms with van der Waals surface area (Å²) in [5.41, 5.74) is 5.58. The quantitative estimate of drug-likeness (QED) is 0.806. The first kappa shape index (κ1) is 12.2. The molecule has 0 spiro atoms. The van der Waals surface area contributed by atoms with Crippen LogP contribution in [0.1, 0.15) is 34.3 Å². The second-order valence-electron chi connectivity index (χ2n) is 3.61. The van der Waals surface area contributed by atoms with Crippen molar-refractivity contribution in [3.05, 3.63) is 21.9 Å². The number of aryl methyl sites for hydroxylation is 1. The molecule has 0 aliphatic carbocycles. The number of thiophene rings is 1. The van der Waals surface area contributed by atoms with Crippen LogP contribution in [0.4, 0.5) is 0 Å². The second-order valence-corrected chi connectivity index (χ2v) is 4.89. The molecule has 0 saturated carbocycles. The van der Waals surface area contributed by atoms with Gasteiger partial charge in [0, 0.05) is 17.5 Å². The lowest BCUT2D eigenvalue weighted by atomic mass is 10.1. The molecule has 4 heteroatoms. The number of hydrogen-bond acceptors (Lipinski definition) is 3. The van der Waals surface area contributed by atoms with Crippen molar-refractivity contribution >= 4 is 17.2 Å². The summed E-state index contributed by atoms with van der Waals surface area (Å²) >= 11 is 1.51. The highest BCUT2D eigenvalue weighted by Gasteiger charge is 2.12. The van der Waals surface area contributed by atoms with Crippen LogP contribution in [-0.2, 0) is 0 Å². The van der Waals surface area contributed by atoms with Crippen molar-refractivity contribution in [2.75, 3.05) is 6.54 Å². The molecule has 84 valence electrons. The molecule has 0 aliphatic rings. The normalized spacial score (nSPS) is 12.5. The molecule has 1 heterocycles.